The molecule has 0 saturated carbocycles. The van der Waals surface area contributed by atoms with Gasteiger partial charge in [-0.3, -0.25) is 4.79 Å². The van der Waals surface area contributed by atoms with Crippen molar-refractivity contribution < 1.29 is 4.79 Å². The maximum Gasteiger partial charge on any atom is 0.153 e. The Morgan fingerprint density at radius 1 is 1.36 bits per heavy atom. The van der Waals surface area contributed by atoms with Gasteiger partial charge in [-0.15, -0.1) is 0 Å². The molecule has 0 spiro atoms. The molecule has 0 atom stereocenters. The molecule has 0 aliphatic rings. The molecule has 0 saturated heterocycles. The minimum atomic E-state index is 0.288. The van der Waals surface area contributed by atoms with Crippen molar-refractivity contribution in [2.45, 2.75) is 6.92 Å². The summed E-state index contributed by atoms with van der Waals surface area (Å²) < 4.78 is 0. The van der Waals surface area contributed by atoms with Crippen LogP contribution in [0.5, 0.6) is 0 Å². The Kier molecular flexibility index (Phi) is 1.93. The summed E-state index contributed by atoms with van der Waals surface area (Å²) in [6, 6.07) is 7.61. The normalized spacial score (nSPS) is 10.4. The number of benzene rings is 1. The van der Waals surface area contributed by atoms with Crippen LogP contribution in [0.25, 0.3) is 10.9 Å². The second-order valence-electron chi connectivity index (χ2n) is 3.28. The maximum absolute atomic E-state index is 10.6. The molecule has 2 aromatic rings. The van der Waals surface area contributed by atoms with E-state index in [9.17, 15) is 4.79 Å². The molecule has 3 nitrogen and oxygen atoms in total. The number of carbonyl (C=O) groups is 1. The Hall–Kier alpha value is -1.90. The number of nitrogens with two attached hydrogens (primary N) is 1. The number of nitrogen functional groups attached to an aromatic ring is 1. The van der Waals surface area contributed by atoms with Crippen molar-refractivity contribution in [1.29, 1.82) is 0 Å². The van der Waals surface area contributed by atoms with E-state index in [4.69, 9.17) is 5.73 Å². The van der Waals surface area contributed by atoms with E-state index in [0.717, 1.165) is 22.8 Å². The standard InChI is InChI=1S/C11H10N2O/c1-7-2-3-10-8(4-7)5-9(6-14)11(12)13-10/h2-6H,1H3,(H2,12,13). The third-order valence-corrected chi connectivity index (χ3v) is 2.16. The van der Waals surface area contributed by atoms with Crippen molar-refractivity contribution in [3.05, 3.63) is 35.4 Å². The molecule has 2 rings (SSSR count). The molecule has 70 valence electrons. The summed E-state index contributed by atoms with van der Waals surface area (Å²) in [5, 5.41) is 0.946. The first-order valence-corrected chi connectivity index (χ1v) is 4.33. The summed E-state index contributed by atoms with van der Waals surface area (Å²) in [6.45, 7) is 2.00. The first-order valence-electron chi connectivity index (χ1n) is 4.33. The topological polar surface area (TPSA) is 56.0 Å². The van der Waals surface area contributed by atoms with Crippen LogP contribution in [-0.4, -0.2) is 11.3 Å². The predicted octanol–water partition coefficient (Wildman–Crippen LogP) is 1.94. The molecule has 0 unspecified atom stereocenters. The number of fused-ring (bicyclic) bond motifs is 1. The first-order chi connectivity index (χ1) is 6.70. The minimum absolute atomic E-state index is 0.288. The number of rotatable bonds is 1. The molecule has 14 heavy (non-hydrogen) atoms. The molecule has 3 heteroatoms. The Balaban J connectivity index is 2.79. The van der Waals surface area contributed by atoms with Gasteiger partial charge in [0.2, 0.25) is 0 Å². The average Bonchev–Trinajstić information content (AvgIpc) is 2.17. The van der Waals surface area contributed by atoms with Crippen molar-refractivity contribution in [1.82, 2.24) is 4.98 Å². The fourth-order valence-corrected chi connectivity index (χ4v) is 1.42. The summed E-state index contributed by atoms with van der Waals surface area (Å²) in [4.78, 5) is 14.8. The molecule has 0 radical (unpaired) electrons. The summed E-state index contributed by atoms with van der Waals surface area (Å²) in [5.41, 5.74) is 8.00. The van der Waals surface area contributed by atoms with Gasteiger partial charge in [-0.05, 0) is 25.1 Å². The van der Waals surface area contributed by atoms with Gasteiger partial charge in [0.05, 0.1) is 11.1 Å². The lowest BCUT2D eigenvalue weighted by molar-refractivity contribution is 0.112. The quantitative estimate of drug-likeness (QED) is 0.692. The highest BCUT2D eigenvalue weighted by molar-refractivity contribution is 5.91. The van der Waals surface area contributed by atoms with Gasteiger partial charge in [-0.1, -0.05) is 11.6 Å². The summed E-state index contributed by atoms with van der Waals surface area (Å²) in [7, 11) is 0. The van der Waals surface area contributed by atoms with Crippen LogP contribution in [0.1, 0.15) is 15.9 Å². The van der Waals surface area contributed by atoms with Crippen LogP contribution >= 0.6 is 0 Å². The molecule has 0 bridgehead atoms. The molecular formula is C11H10N2O. The third kappa shape index (κ3) is 1.33. The molecule has 1 aromatic heterocycles. The van der Waals surface area contributed by atoms with Crippen LogP contribution in [-0.2, 0) is 0 Å². The SMILES string of the molecule is Cc1ccc2nc(N)c(C=O)cc2c1. The van der Waals surface area contributed by atoms with Crippen LogP contribution < -0.4 is 5.73 Å². The van der Waals surface area contributed by atoms with Crippen molar-refractivity contribution in [3.63, 3.8) is 0 Å². The number of carbonyl (C=O) groups excluding carboxylic acids is 1. The number of aryl methyl sites for hydroxylation is 1. The molecule has 1 heterocycles. The van der Waals surface area contributed by atoms with Crippen molar-refractivity contribution in [2.75, 3.05) is 5.73 Å². The number of pyridine rings is 1. The average molecular weight is 186 g/mol. The van der Waals surface area contributed by atoms with E-state index in [1.807, 2.05) is 25.1 Å². The van der Waals surface area contributed by atoms with Gasteiger partial charge >= 0.3 is 0 Å². The molecular weight excluding hydrogens is 176 g/mol. The Bertz CT molecular complexity index is 506. The summed E-state index contributed by atoms with van der Waals surface area (Å²) >= 11 is 0. The van der Waals surface area contributed by atoms with Crippen molar-refractivity contribution in [3.8, 4) is 0 Å². The van der Waals surface area contributed by atoms with E-state index in [2.05, 4.69) is 4.98 Å². The Morgan fingerprint density at radius 3 is 2.86 bits per heavy atom. The zero-order chi connectivity index (χ0) is 10.1. The van der Waals surface area contributed by atoms with Gasteiger partial charge in [-0.25, -0.2) is 4.98 Å². The lowest BCUT2D eigenvalue weighted by atomic mass is 10.1. The lowest BCUT2D eigenvalue weighted by Gasteiger charge is -2.02. The highest BCUT2D eigenvalue weighted by atomic mass is 16.1. The van der Waals surface area contributed by atoms with Crippen molar-refractivity contribution >= 4 is 23.0 Å². The van der Waals surface area contributed by atoms with Crippen LogP contribution in [0, 0.1) is 6.92 Å². The number of aromatic nitrogens is 1. The fraction of sp³-hybridized carbons (Fsp3) is 0.0909. The van der Waals surface area contributed by atoms with Crippen molar-refractivity contribution in [2.24, 2.45) is 0 Å². The zero-order valence-corrected chi connectivity index (χ0v) is 7.82. The van der Waals surface area contributed by atoms with E-state index in [-0.39, 0.29) is 5.82 Å². The number of anilines is 1. The highest BCUT2D eigenvalue weighted by Gasteiger charge is 2.02. The molecule has 2 N–H and O–H groups in total. The van der Waals surface area contributed by atoms with Gasteiger partial charge in [0.25, 0.3) is 0 Å². The van der Waals surface area contributed by atoms with E-state index >= 15 is 0 Å². The highest BCUT2D eigenvalue weighted by Crippen LogP contribution is 2.18. The van der Waals surface area contributed by atoms with E-state index in [1.54, 1.807) is 6.07 Å². The maximum atomic E-state index is 10.6. The predicted molar refractivity (Wildman–Crippen MR) is 56.3 cm³/mol. The third-order valence-electron chi connectivity index (χ3n) is 2.16. The van der Waals surface area contributed by atoms with Gasteiger partial charge in [0.1, 0.15) is 5.82 Å². The van der Waals surface area contributed by atoms with Gasteiger partial charge in [0, 0.05) is 5.39 Å². The van der Waals surface area contributed by atoms with Crippen LogP contribution in [0.4, 0.5) is 5.82 Å². The first kappa shape index (κ1) is 8.69. The molecule has 0 amide bonds. The fourth-order valence-electron chi connectivity index (χ4n) is 1.42. The lowest BCUT2D eigenvalue weighted by Crippen LogP contribution is -1.97. The Labute approximate surface area is 81.6 Å². The molecule has 1 aromatic carbocycles. The minimum Gasteiger partial charge on any atom is -0.383 e. The van der Waals surface area contributed by atoms with E-state index in [1.165, 1.54) is 0 Å². The van der Waals surface area contributed by atoms with E-state index < -0.39 is 0 Å². The zero-order valence-electron chi connectivity index (χ0n) is 7.82. The number of hydrogen-bond donors (Lipinski definition) is 1. The van der Waals surface area contributed by atoms with Gasteiger partial charge in [0.15, 0.2) is 6.29 Å². The smallest absolute Gasteiger partial charge is 0.153 e. The second kappa shape index (κ2) is 3.10. The van der Waals surface area contributed by atoms with Gasteiger partial charge < -0.3 is 5.73 Å². The molecule has 0 aliphatic heterocycles. The Morgan fingerprint density at radius 2 is 2.14 bits per heavy atom. The van der Waals surface area contributed by atoms with Gasteiger partial charge in [-0.2, -0.15) is 0 Å². The number of aldehydes is 1. The number of hydrogen-bond acceptors (Lipinski definition) is 3. The number of nitrogens with zero attached hydrogens (tertiary/aromatic N) is 1. The second-order valence-corrected chi connectivity index (χ2v) is 3.28. The summed E-state index contributed by atoms with van der Waals surface area (Å²) in [5.74, 6) is 0.288. The molecule has 0 fully saturated rings. The summed E-state index contributed by atoms with van der Waals surface area (Å²) in [6.07, 6.45) is 0.726. The van der Waals surface area contributed by atoms with Crippen LogP contribution in [0.3, 0.4) is 0 Å². The monoisotopic (exact) mass is 186 g/mol. The van der Waals surface area contributed by atoms with Crippen LogP contribution in [0.2, 0.25) is 0 Å². The largest absolute Gasteiger partial charge is 0.383 e. The molecule has 0 aliphatic carbocycles. The van der Waals surface area contributed by atoms with Crippen LogP contribution in [0.15, 0.2) is 24.3 Å². The van der Waals surface area contributed by atoms with E-state index in [0.29, 0.717) is 5.56 Å².